The molecule has 0 atom stereocenters. The molecule has 120 valence electrons. The van der Waals surface area contributed by atoms with E-state index in [0.717, 1.165) is 22.2 Å². The third kappa shape index (κ3) is 2.82. The third-order valence-corrected chi connectivity index (χ3v) is 3.84. The van der Waals surface area contributed by atoms with Crippen molar-refractivity contribution in [2.75, 3.05) is 14.2 Å². The number of hydrogen-bond donors (Lipinski definition) is 1. The Morgan fingerprint density at radius 2 is 1.88 bits per heavy atom. The van der Waals surface area contributed by atoms with Crippen molar-refractivity contribution in [3.05, 3.63) is 53.3 Å². The first-order valence-electron chi connectivity index (χ1n) is 7.45. The van der Waals surface area contributed by atoms with Gasteiger partial charge in [-0.25, -0.2) is 4.98 Å². The van der Waals surface area contributed by atoms with Gasteiger partial charge in [0.25, 0.3) is 0 Å². The van der Waals surface area contributed by atoms with Crippen molar-refractivity contribution >= 4 is 22.7 Å². The Balaban J connectivity index is 2.09. The smallest absolute Gasteiger partial charge is 0.161 e. The van der Waals surface area contributed by atoms with Crippen LogP contribution in [0.15, 0.2) is 36.4 Å². The highest BCUT2D eigenvalue weighted by molar-refractivity contribution is 5.91. The van der Waals surface area contributed by atoms with Crippen LogP contribution in [0.4, 0.5) is 0 Å². The van der Waals surface area contributed by atoms with Gasteiger partial charge in [0.2, 0.25) is 0 Å². The second-order valence-electron chi connectivity index (χ2n) is 5.34. The molecule has 0 amide bonds. The Labute approximate surface area is 140 Å². The molecule has 0 aliphatic heterocycles. The molecule has 0 fully saturated rings. The lowest BCUT2D eigenvalue weighted by Crippen LogP contribution is -1.94. The summed E-state index contributed by atoms with van der Waals surface area (Å²) in [5, 5.41) is 9.55. The standard InChI is InChI=1S/C19H17N3O2/c1-12-8-17(23-2)18(24-3)10-13(12)9-14(11-20)19-21-15-6-4-5-7-16(15)22-19/h4-10H,1-3H3,(H,21,22)/b14-9-. The van der Waals surface area contributed by atoms with Crippen LogP contribution in [0.2, 0.25) is 0 Å². The van der Waals surface area contributed by atoms with Gasteiger partial charge in [-0.1, -0.05) is 12.1 Å². The van der Waals surface area contributed by atoms with E-state index in [1.165, 1.54) is 0 Å². The molecule has 5 heteroatoms. The van der Waals surface area contributed by atoms with E-state index < -0.39 is 0 Å². The van der Waals surface area contributed by atoms with Crippen molar-refractivity contribution in [2.24, 2.45) is 0 Å². The number of fused-ring (bicyclic) bond motifs is 1. The normalized spacial score (nSPS) is 11.3. The first kappa shape index (κ1) is 15.6. The summed E-state index contributed by atoms with van der Waals surface area (Å²) in [5.74, 6) is 1.83. The number of H-pyrrole nitrogens is 1. The molecule has 3 aromatic rings. The molecule has 0 saturated heterocycles. The number of para-hydroxylation sites is 2. The molecular weight excluding hydrogens is 302 g/mol. The number of nitriles is 1. The zero-order chi connectivity index (χ0) is 17.1. The maximum atomic E-state index is 9.55. The van der Waals surface area contributed by atoms with E-state index in [0.29, 0.717) is 22.9 Å². The van der Waals surface area contributed by atoms with Crippen LogP contribution in [0.5, 0.6) is 11.5 Å². The monoisotopic (exact) mass is 319 g/mol. The topological polar surface area (TPSA) is 70.9 Å². The number of nitrogens with one attached hydrogen (secondary N) is 1. The molecular formula is C19H17N3O2. The minimum Gasteiger partial charge on any atom is -0.493 e. The van der Waals surface area contributed by atoms with E-state index >= 15 is 0 Å². The lowest BCUT2D eigenvalue weighted by Gasteiger charge is -2.10. The quantitative estimate of drug-likeness (QED) is 0.739. The van der Waals surface area contributed by atoms with Gasteiger partial charge in [-0.3, -0.25) is 0 Å². The molecule has 5 nitrogen and oxygen atoms in total. The van der Waals surface area contributed by atoms with Crippen LogP contribution in [-0.2, 0) is 0 Å². The highest BCUT2D eigenvalue weighted by atomic mass is 16.5. The van der Waals surface area contributed by atoms with Crippen LogP contribution in [0, 0.1) is 18.3 Å². The number of ether oxygens (including phenoxy) is 2. The van der Waals surface area contributed by atoms with Gasteiger partial charge in [-0.05, 0) is 48.4 Å². The van der Waals surface area contributed by atoms with Crippen molar-refractivity contribution < 1.29 is 9.47 Å². The lowest BCUT2D eigenvalue weighted by atomic mass is 10.0. The summed E-state index contributed by atoms with van der Waals surface area (Å²) >= 11 is 0. The molecule has 0 unspecified atom stereocenters. The minimum atomic E-state index is 0.460. The van der Waals surface area contributed by atoms with Gasteiger partial charge in [0.05, 0.1) is 30.8 Å². The van der Waals surface area contributed by atoms with Crippen LogP contribution in [-0.4, -0.2) is 24.2 Å². The van der Waals surface area contributed by atoms with Gasteiger partial charge in [-0.15, -0.1) is 0 Å². The highest BCUT2D eigenvalue weighted by Crippen LogP contribution is 2.32. The van der Waals surface area contributed by atoms with E-state index in [-0.39, 0.29) is 0 Å². The van der Waals surface area contributed by atoms with Crippen LogP contribution in [0.1, 0.15) is 17.0 Å². The zero-order valence-corrected chi connectivity index (χ0v) is 13.8. The van der Waals surface area contributed by atoms with Gasteiger partial charge < -0.3 is 14.5 Å². The van der Waals surface area contributed by atoms with Gasteiger partial charge in [0.15, 0.2) is 11.5 Å². The fourth-order valence-electron chi connectivity index (χ4n) is 2.54. The fourth-order valence-corrected chi connectivity index (χ4v) is 2.54. The van der Waals surface area contributed by atoms with E-state index in [1.54, 1.807) is 20.3 Å². The minimum absolute atomic E-state index is 0.460. The number of imidazole rings is 1. The summed E-state index contributed by atoms with van der Waals surface area (Å²) in [7, 11) is 3.19. The Morgan fingerprint density at radius 3 is 2.54 bits per heavy atom. The van der Waals surface area contributed by atoms with Crippen molar-refractivity contribution in [1.82, 2.24) is 9.97 Å². The summed E-state index contributed by atoms with van der Waals surface area (Å²) in [5.41, 5.74) is 4.05. The molecule has 24 heavy (non-hydrogen) atoms. The number of allylic oxidation sites excluding steroid dienone is 1. The van der Waals surface area contributed by atoms with Gasteiger partial charge in [-0.2, -0.15) is 5.26 Å². The molecule has 1 N–H and O–H groups in total. The summed E-state index contributed by atoms with van der Waals surface area (Å²) in [6.45, 7) is 1.96. The number of rotatable bonds is 4. The zero-order valence-electron chi connectivity index (χ0n) is 13.8. The number of hydrogen-bond acceptors (Lipinski definition) is 4. The molecule has 3 rings (SSSR count). The Kier molecular flexibility index (Phi) is 4.21. The molecule has 0 spiro atoms. The van der Waals surface area contributed by atoms with Crippen LogP contribution >= 0.6 is 0 Å². The van der Waals surface area contributed by atoms with Crippen molar-refractivity contribution in [2.45, 2.75) is 6.92 Å². The predicted octanol–water partition coefficient (Wildman–Crippen LogP) is 3.95. The molecule has 0 aliphatic carbocycles. The van der Waals surface area contributed by atoms with Crippen molar-refractivity contribution in [3.63, 3.8) is 0 Å². The number of aromatic nitrogens is 2. The van der Waals surface area contributed by atoms with E-state index in [4.69, 9.17) is 9.47 Å². The van der Waals surface area contributed by atoms with E-state index in [2.05, 4.69) is 16.0 Å². The number of methoxy groups -OCH3 is 2. The lowest BCUT2D eigenvalue weighted by molar-refractivity contribution is 0.354. The average Bonchev–Trinajstić information content (AvgIpc) is 3.04. The number of nitrogens with zero attached hydrogens (tertiary/aromatic N) is 2. The number of aromatic amines is 1. The SMILES string of the molecule is COc1cc(C)c(/C=C(/C#N)c2nc3ccccc3[nH]2)cc1OC. The second kappa shape index (κ2) is 6.47. The molecule has 0 bridgehead atoms. The summed E-state index contributed by atoms with van der Waals surface area (Å²) in [6, 6.07) is 13.6. The molecule has 1 aromatic heterocycles. The van der Waals surface area contributed by atoms with Crippen LogP contribution in [0.3, 0.4) is 0 Å². The largest absolute Gasteiger partial charge is 0.493 e. The number of aryl methyl sites for hydroxylation is 1. The molecule has 2 aromatic carbocycles. The third-order valence-electron chi connectivity index (χ3n) is 3.84. The maximum Gasteiger partial charge on any atom is 0.161 e. The molecule has 1 heterocycles. The van der Waals surface area contributed by atoms with E-state index in [1.807, 2.05) is 43.3 Å². The van der Waals surface area contributed by atoms with Gasteiger partial charge in [0.1, 0.15) is 11.9 Å². The van der Waals surface area contributed by atoms with Crippen LogP contribution < -0.4 is 9.47 Å². The fraction of sp³-hybridized carbons (Fsp3) is 0.158. The maximum absolute atomic E-state index is 9.55. The van der Waals surface area contributed by atoms with Crippen molar-refractivity contribution in [1.29, 1.82) is 5.26 Å². The van der Waals surface area contributed by atoms with E-state index in [9.17, 15) is 5.26 Å². The summed E-state index contributed by atoms with van der Waals surface area (Å²) in [4.78, 5) is 7.66. The highest BCUT2D eigenvalue weighted by Gasteiger charge is 2.11. The molecule has 0 aliphatic rings. The second-order valence-corrected chi connectivity index (χ2v) is 5.34. The van der Waals surface area contributed by atoms with Gasteiger partial charge in [0, 0.05) is 0 Å². The summed E-state index contributed by atoms with van der Waals surface area (Å²) in [6.07, 6.45) is 1.80. The van der Waals surface area contributed by atoms with Crippen molar-refractivity contribution in [3.8, 4) is 17.6 Å². The number of benzene rings is 2. The average molecular weight is 319 g/mol. The Bertz CT molecular complexity index is 931. The Hall–Kier alpha value is -3.26. The predicted molar refractivity (Wildman–Crippen MR) is 93.9 cm³/mol. The first-order chi connectivity index (χ1) is 11.7. The summed E-state index contributed by atoms with van der Waals surface area (Å²) < 4.78 is 10.6. The Morgan fingerprint density at radius 1 is 1.17 bits per heavy atom. The molecule has 0 saturated carbocycles. The first-order valence-corrected chi connectivity index (χ1v) is 7.45. The molecule has 0 radical (unpaired) electrons. The van der Waals surface area contributed by atoms with Crippen LogP contribution in [0.25, 0.3) is 22.7 Å². The van der Waals surface area contributed by atoms with Gasteiger partial charge >= 0.3 is 0 Å².